The van der Waals surface area contributed by atoms with Gasteiger partial charge in [0.25, 0.3) is 0 Å². The minimum atomic E-state index is 0.966. The highest BCUT2D eigenvalue weighted by Crippen LogP contribution is 2.29. The van der Waals surface area contributed by atoms with Crippen molar-refractivity contribution in [2.45, 2.75) is 13.0 Å². The maximum absolute atomic E-state index is 4.24. The van der Waals surface area contributed by atoms with E-state index in [1.807, 2.05) is 17.9 Å². The normalized spacial score (nSPS) is 16.1. The van der Waals surface area contributed by atoms with Crippen molar-refractivity contribution in [1.29, 1.82) is 0 Å². The third-order valence-electron chi connectivity index (χ3n) is 4.54. The first-order valence-corrected chi connectivity index (χ1v) is 7.76. The van der Waals surface area contributed by atoms with E-state index in [-0.39, 0.29) is 0 Å². The van der Waals surface area contributed by atoms with Crippen LogP contribution in [0.25, 0.3) is 16.5 Å². The first kappa shape index (κ1) is 13.3. The SMILES string of the molecule is Cn1nccc1CN1CC=C(c2c[nH]c3ccccc23)CC1. The Morgan fingerprint density at radius 1 is 1.23 bits per heavy atom. The highest BCUT2D eigenvalue weighted by molar-refractivity contribution is 5.92. The number of rotatable bonds is 3. The van der Waals surface area contributed by atoms with Crippen LogP contribution in [0.1, 0.15) is 17.7 Å². The van der Waals surface area contributed by atoms with E-state index in [2.05, 4.69) is 57.6 Å². The van der Waals surface area contributed by atoms with Crippen LogP contribution in [0.15, 0.2) is 48.8 Å². The molecule has 3 heterocycles. The molecule has 3 aromatic rings. The molecule has 4 rings (SSSR count). The summed E-state index contributed by atoms with van der Waals surface area (Å²) in [5.74, 6) is 0. The molecule has 4 nitrogen and oxygen atoms in total. The van der Waals surface area contributed by atoms with Crippen LogP contribution < -0.4 is 0 Å². The van der Waals surface area contributed by atoms with Crippen LogP contribution in [0.2, 0.25) is 0 Å². The van der Waals surface area contributed by atoms with Gasteiger partial charge in [-0.3, -0.25) is 9.58 Å². The lowest BCUT2D eigenvalue weighted by Gasteiger charge is -2.26. The van der Waals surface area contributed by atoms with Crippen molar-refractivity contribution in [3.63, 3.8) is 0 Å². The lowest BCUT2D eigenvalue weighted by Crippen LogP contribution is -2.28. The zero-order valence-corrected chi connectivity index (χ0v) is 12.8. The summed E-state index contributed by atoms with van der Waals surface area (Å²) >= 11 is 0. The highest BCUT2D eigenvalue weighted by Gasteiger charge is 2.16. The Labute approximate surface area is 130 Å². The molecule has 2 aromatic heterocycles. The second-order valence-corrected chi connectivity index (χ2v) is 5.91. The fourth-order valence-corrected chi connectivity index (χ4v) is 3.22. The summed E-state index contributed by atoms with van der Waals surface area (Å²) in [4.78, 5) is 5.84. The number of aryl methyl sites for hydroxylation is 1. The first-order valence-electron chi connectivity index (χ1n) is 7.76. The lowest BCUT2D eigenvalue weighted by atomic mass is 9.99. The summed E-state index contributed by atoms with van der Waals surface area (Å²) in [5, 5.41) is 5.57. The number of benzene rings is 1. The molecular weight excluding hydrogens is 272 g/mol. The average molecular weight is 292 g/mol. The van der Waals surface area contributed by atoms with Gasteiger partial charge in [-0.25, -0.2) is 0 Å². The molecule has 0 radical (unpaired) electrons. The Bertz CT molecular complexity index is 824. The van der Waals surface area contributed by atoms with Crippen molar-refractivity contribution in [3.05, 3.63) is 60.1 Å². The molecule has 22 heavy (non-hydrogen) atoms. The Morgan fingerprint density at radius 2 is 2.14 bits per heavy atom. The van der Waals surface area contributed by atoms with E-state index in [1.54, 1.807) is 0 Å². The van der Waals surface area contributed by atoms with Gasteiger partial charge in [-0.05, 0) is 24.1 Å². The molecule has 0 aliphatic carbocycles. The van der Waals surface area contributed by atoms with Crippen LogP contribution in [0.5, 0.6) is 0 Å². The molecule has 1 aliphatic heterocycles. The van der Waals surface area contributed by atoms with Gasteiger partial charge in [-0.1, -0.05) is 24.3 Å². The Balaban J connectivity index is 1.53. The van der Waals surface area contributed by atoms with Gasteiger partial charge < -0.3 is 4.98 Å². The van der Waals surface area contributed by atoms with Crippen molar-refractivity contribution in [1.82, 2.24) is 19.7 Å². The number of hydrogen-bond donors (Lipinski definition) is 1. The molecule has 0 atom stereocenters. The van der Waals surface area contributed by atoms with Crippen LogP contribution in [0, 0.1) is 0 Å². The molecule has 0 bridgehead atoms. The van der Waals surface area contributed by atoms with Gasteiger partial charge in [-0.2, -0.15) is 5.10 Å². The monoisotopic (exact) mass is 292 g/mol. The minimum Gasteiger partial charge on any atom is -0.361 e. The number of aromatic amines is 1. The summed E-state index contributed by atoms with van der Waals surface area (Å²) in [6.45, 7) is 3.06. The Hall–Kier alpha value is -2.33. The van der Waals surface area contributed by atoms with E-state index in [9.17, 15) is 0 Å². The van der Waals surface area contributed by atoms with Crippen LogP contribution in [0.3, 0.4) is 0 Å². The summed E-state index contributed by atoms with van der Waals surface area (Å²) in [7, 11) is 2.01. The predicted octanol–water partition coefficient (Wildman–Crippen LogP) is 3.19. The maximum Gasteiger partial charge on any atom is 0.0521 e. The number of nitrogens with one attached hydrogen (secondary N) is 1. The average Bonchev–Trinajstić information content (AvgIpc) is 3.15. The van der Waals surface area contributed by atoms with Gasteiger partial charge in [0.2, 0.25) is 0 Å². The second-order valence-electron chi connectivity index (χ2n) is 5.91. The van der Waals surface area contributed by atoms with Gasteiger partial charge in [0.15, 0.2) is 0 Å². The second kappa shape index (κ2) is 5.46. The van der Waals surface area contributed by atoms with Gasteiger partial charge in [0, 0.05) is 55.5 Å². The largest absolute Gasteiger partial charge is 0.361 e. The highest BCUT2D eigenvalue weighted by atomic mass is 15.3. The maximum atomic E-state index is 4.24. The zero-order chi connectivity index (χ0) is 14.9. The van der Waals surface area contributed by atoms with Crippen LogP contribution in [0.4, 0.5) is 0 Å². The molecule has 112 valence electrons. The van der Waals surface area contributed by atoms with Crippen molar-refractivity contribution >= 4 is 16.5 Å². The molecular formula is C18H20N4. The number of hydrogen-bond acceptors (Lipinski definition) is 2. The molecule has 0 unspecified atom stereocenters. The Kier molecular flexibility index (Phi) is 3.31. The number of aromatic nitrogens is 3. The molecule has 4 heteroatoms. The first-order chi connectivity index (χ1) is 10.8. The van der Waals surface area contributed by atoms with E-state index in [0.717, 1.165) is 26.1 Å². The zero-order valence-electron chi connectivity index (χ0n) is 12.8. The van der Waals surface area contributed by atoms with E-state index in [4.69, 9.17) is 0 Å². The number of fused-ring (bicyclic) bond motifs is 1. The Morgan fingerprint density at radius 3 is 2.91 bits per heavy atom. The fourth-order valence-electron chi connectivity index (χ4n) is 3.22. The third kappa shape index (κ3) is 2.35. The topological polar surface area (TPSA) is 36.9 Å². The van der Waals surface area contributed by atoms with Crippen LogP contribution >= 0.6 is 0 Å². The number of H-pyrrole nitrogens is 1. The van der Waals surface area contributed by atoms with Gasteiger partial charge in [-0.15, -0.1) is 0 Å². The molecule has 1 aliphatic rings. The van der Waals surface area contributed by atoms with Crippen molar-refractivity contribution in [2.24, 2.45) is 7.05 Å². The van der Waals surface area contributed by atoms with E-state index >= 15 is 0 Å². The smallest absolute Gasteiger partial charge is 0.0521 e. The van der Waals surface area contributed by atoms with Crippen LogP contribution in [-0.4, -0.2) is 32.8 Å². The molecule has 0 amide bonds. The van der Waals surface area contributed by atoms with Gasteiger partial charge >= 0.3 is 0 Å². The predicted molar refractivity (Wildman–Crippen MR) is 89.4 cm³/mol. The van der Waals surface area contributed by atoms with Crippen LogP contribution in [-0.2, 0) is 13.6 Å². The quantitative estimate of drug-likeness (QED) is 0.805. The van der Waals surface area contributed by atoms with E-state index < -0.39 is 0 Å². The summed E-state index contributed by atoms with van der Waals surface area (Å²) < 4.78 is 1.96. The van der Waals surface area contributed by atoms with E-state index in [1.165, 1.54) is 27.7 Å². The van der Waals surface area contributed by atoms with E-state index in [0.29, 0.717) is 0 Å². The molecule has 0 saturated carbocycles. The summed E-state index contributed by atoms with van der Waals surface area (Å²) in [5.41, 5.74) is 5.30. The summed E-state index contributed by atoms with van der Waals surface area (Å²) in [6.07, 6.45) is 7.48. The fraction of sp³-hybridized carbons (Fsp3) is 0.278. The standard InChI is InChI=1S/C18H20N4/c1-21-15(6-9-20-21)13-22-10-7-14(8-11-22)17-12-19-18-5-3-2-4-16(17)18/h2-7,9,12,19H,8,10-11,13H2,1H3. The summed E-state index contributed by atoms with van der Waals surface area (Å²) in [6, 6.07) is 10.6. The lowest BCUT2D eigenvalue weighted by molar-refractivity contribution is 0.286. The van der Waals surface area contributed by atoms with Gasteiger partial charge in [0.05, 0.1) is 5.69 Å². The number of para-hydroxylation sites is 1. The molecule has 1 N–H and O–H groups in total. The van der Waals surface area contributed by atoms with Crippen molar-refractivity contribution in [3.8, 4) is 0 Å². The van der Waals surface area contributed by atoms with Gasteiger partial charge in [0.1, 0.15) is 0 Å². The molecule has 1 aromatic carbocycles. The molecule has 0 spiro atoms. The molecule has 0 fully saturated rings. The third-order valence-corrected chi connectivity index (χ3v) is 4.54. The van der Waals surface area contributed by atoms with Crippen molar-refractivity contribution in [2.75, 3.05) is 13.1 Å². The van der Waals surface area contributed by atoms with Crippen molar-refractivity contribution < 1.29 is 0 Å². The molecule has 0 saturated heterocycles. The minimum absolute atomic E-state index is 0.966. The number of nitrogens with zero attached hydrogens (tertiary/aromatic N) is 3.